The number of carbonyl (C=O) groups excluding carboxylic acids is 1. The molecule has 9 nitrogen and oxygen atoms in total. The zero-order valence-corrected chi connectivity index (χ0v) is 21.4. The number of nitriles is 1. The number of ether oxygens (including phenoxy) is 4. The molecule has 0 fully saturated rings. The van der Waals surface area contributed by atoms with Gasteiger partial charge in [-0.2, -0.15) is 14.6 Å². The standard InChI is InChI=1S/C23H21ClN4O5S2/c1-30-18-11-14(10-15(13-25)21(29)26-22-27-23(34-3)28-35-22)12-19(31-2)20(18)33-9-8-32-17-7-5-4-6-16(17)24/h4-7,10-12H,8-9H2,1-3H3,(H,26,27,28,29)/b15-10-. The summed E-state index contributed by atoms with van der Waals surface area (Å²) in [4.78, 5) is 16.7. The summed E-state index contributed by atoms with van der Waals surface area (Å²) >= 11 is 8.48. The number of para-hydroxylation sites is 1. The Morgan fingerprint density at radius 3 is 2.46 bits per heavy atom. The normalized spacial score (nSPS) is 10.9. The fourth-order valence-corrected chi connectivity index (χ4v) is 4.12. The van der Waals surface area contributed by atoms with Crippen molar-refractivity contribution in [3.05, 3.63) is 52.6 Å². The van der Waals surface area contributed by atoms with Gasteiger partial charge in [-0.05, 0) is 42.2 Å². The molecule has 0 unspecified atom stereocenters. The first-order chi connectivity index (χ1) is 17.0. The lowest BCUT2D eigenvalue weighted by Crippen LogP contribution is -2.13. The molecule has 0 saturated carbocycles. The Morgan fingerprint density at radius 1 is 1.17 bits per heavy atom. The molecule has 1 amide bonds. The third kappa shape index (κ3) is 7.02. The summed E-state index contributed by atoms with van der Waals surface area (Å²) in [5, 5.41) is 13.5. The maximum absolute atomic E-state index is 12.6. The molecule has 0 aliphatic rings. The summed E-state index contributed by atoms with van der Waals surface area (Å²) in [5.41, 5.74) is 0.379. The fraction of sp³-hybridized carbons (Fsp3) is 0.217. The van der Waals surface area contributed by atoms with Gasteiger partial charge in [-0.15, -0.1) is 0 Å². The van der Waals surface area contributed by atoms with Gasteiger partial charge in [0.2, 0.25) is 16.0 Å². The number of methoxy groups -OCH3 is 2. The van der Waals surface area contributed by atoms with E-state index in [2.05, 4.69) is 14.7 Å². The molecule has 0 spiro atoms. The van der Waals surface area contributed by atoms with Crippen molar-refractivity contribution in [3.63, 3.8) is 0 Å². The Hall–Kier alpha value is -3.46. The second kappa shape index (κ2) is 12.9. The molecule has 35 heavy (non-hydrogen) atoms. The van der Waals surface area contributed by atoms with Gasteiger partial charge < -0.3 is 18.9 Å². The van der Waals surface area contributed by atoms with Crippen molar-refractivity contribution in [3.8, 4) is 29.1 Å². The van der Waals surface area contributed by atoms with Crippen LogP contribution in [0.3, 0.4) is 0 Å². The van der Waals surface area contributed by atoms with E-state index >= 15 is 0 Å². The average molecular weight is 533 g/mol. The Kier molecular flexibility index (Phi) is 9.60. The van der Waals surface area contributed by atoms with Gasteiger partial charge in [0, 0.05) is 11.5 Å². The van der Waals surface area contributed by atoms with Crippen molar-refractivity contribution in [2.24, 2.45) is 0 Å². The molecule has 3 aromatic rings. The fourth-order valence-electron chi connectivity index (χ4n) is 2.81. The first-order valence-electron chi connectivity index (χ1n) is 10.1. The van der Waals surface area contributed by atoms with Crippen LogP contribution >= 0.6 is 34.9 Å². The van der Waals surface area contributed by atoms with Crippen molar-refractivity contribution in [2.45, 2.75) is 5.16 Å². The lowest BCUT2D eigenvalue weighted by molar-refractivity contribution is -0.112. The number of hydrogen-bond donors (Lipinski definition) is 1. The van der Waals surface area contributed by atoms with Crippen molar-refractivity contribution in [1.29, 1.82) is 5.26 Å². The molecule has 0 aliphatic carbocycles. The molecule has 0 aliphatic heterocycles. The number of nitrogens with zero attached hydrogens (tertiary/aromatic N) is 3. The number of nitrogens with one attached hydrogen (secondary N) is 1. The number of aromatic nitrogens is 2. The summed E-state index contributed by atoms with van der Waals surface area (Å²) in [6, 6.07) is 12.3. The van der Waals surface area contributed by atoms with Crippen molar-refractivity contribution in [2.75, 3.05) is 39.0 Å². The Morgan fingerprint density at radius 2 is 1.86 bits per heavy atom. The number of benzene rings is 2. The van der Waals surface area contributed by atoms with E-state index in [-0.39, 0.29) is 18.8 Å². The maximum Gasteiger partial charge on any atom is 0.268 e. The van der Waals surface area contributed by atoms with Gasteiger partial charge in [0.25, 0.3) is 5.91 Å². The predicted molar refractivity (Wildman–Crippen MR) is 136 cm³/mol. The Balaban J connectivity index is 1.74. The molecular weight excluding hydrogens is 512 g/mol. The SMILES string of the molecule is COc1cc(/C=C(/C#N)C(=O)Nc2nc(SC)ns2)cc(OC)c1OCCOc1ccccc1Cl. The Labute approximate surface area is 215 Å². The van der Waals surface area contributed by atoms with Crippen LogP contribution in [-0.2, 0) is 4.79 Å². The van der Waals surface area contributed by atoms with E-state index in [1.807, 2.05) is 24.5 Å². The van der Waals surface area contributed by atoms with Crippen LogP contribution in [0.15, 0.2) is 47.1 Å². The van der Waals surface area contributed by atoms with Crippen molar-refractivity contribution >= 4 is 52.0 Å². The number of hydrogen-bond acceptors (Lipinski definition) is 10. The van der Waals surface area contributed by atoms with Crippen molar-refractivity contribution < 1.29 is 23.7 Å². The van der Waals surface area contributed by atoms with E-state index in [0.717, 1.165) is 11.5 Å². The molecule has 0 bridgehead atoms. The minimum Gasteiger partial charge on any atom is -0.493 e. The molecular formula is C23H21ClN4O5S2. The third-order valence-electron chi connectivity index (χ3n) is 4.39. The van der Waals surface area contributed by atoms with E-state index in [1.54, 1.807) is 24.3 Å². The van der Waals surface area contributed by atoms with Crippen LogP contribution < -0.4 is 24.3 Å². The number of carbonyl (C=O) groups is 1. The molecule has 0 radical (unpaired) electrons. The molecule has 12 heteroatoms. The van der Waals surface area contributed by atoms with E-state index < -0.39 is 5.91 Å². The highest BCUT2D eigenvalue weighted by atomic mass is 35.5. The summed E-state index contributed by atoms with van der Waals surface area (Å²) in [6.45, 7) is 0.430. The van der Waals surface area contributed by atoms with Crippen LogP contribution in [0.5, 0.6) is 23.0 Å². The van der Waals surface area contributed by atoms with Crippen LogP contribution in [0.25, 0.3) is 6.08 Å². The lowest BCUT2D eigenvalue weighted by atomic mass is 10.1. The largest absolute Gasteiger partial charge is 0.493 e. The second-order valence-electron chi connectivity index (χ2n) is 6.59. The minimum atomic E-state index is -0.605. The number of anilines is 1. The summed E-state index contributed by atoms with van der Waals surface area (Å²) in [6.07, 6.45) is 3.25. The highest BCUT2D eigenvalue weighted by Crippen LogP contribution is 2.39. The number of thioether (sulfide) groups is 1. The molecule has 1 heterocycles. The highest BCUT2D eigenvalue weighted by Gasteiger charge is 2.17. The predicted octanol–water partition coefficient (Wildman–Crippen LogP) is 4.93. The summed E-state index contributed by atoms with van der Waals surface area (Å²) in [7, 11) is 2.96. The summed E-state index contributed by atoms with van der Waals surface area (Å²) in [5.74, 6) is 1.03. The molecule has 2 aromatic carbocycles. The van der Waals surface area contributed by atoms with Crippen LogP contribution in [0.2, 0.25) is 5.02 Å². The molecule has 0 saturated heterocycles. The van der Waals surface area contributed by atoms with Gasteiger partial charge in [0.05, 0.1) is 19.2 Å². The number of halogens is 1. The minimum absolute atomic E-state index is 0.128. The van der Waals surface area contributed by atoms with Crippen LogP contribution in [0.4, 0.5) is 5.13 Å². The molecule has 3 rings (SSSR count). The van der Waals surface area contributed by atoms with Gasteiger partial charge in [-0.25, -0.2) is 0 Å². The molecule has 1 N–H and O–H groups in total. The van der Waals surface area contributed by atoms with Gasteiger partial charge in [-0.1, -0.05) is 35.5 Å². The van der Waals surface area contributed by atoms with Crippen LogP contribution in [0.1, 0.15) is 5.56 Å². The van der Waals surface area contributed by atoms with Gasteiger partial charge >= 0.3 is 0 Å². The van der Waals surface area contributed by atoms with Crippen LogP contribution in [0, 0.1) is 11.3 Å². The number of rotatable bonds is 11. The van der Waals surface area contributed by atoms with Gasteiger partial charge in [0.1, 0.15) is 30.6 Å². The quantitative estimate of drug-likeness (QED) is 0.159. The van der Waals surface area contributed by atoms with Gasteiger partial charge in [-0.3, -0.25) is 10.1 Å². The second-order valence-corrected chi connectivity index (χ2v) is 8.52. The zero-order valence-electron chi connectivity index (χ0n) is 19.0. The van der Waals surface area contributed by atoms with E-state index in [1.165, 1.54) is 32.1 Å². The average Bonchev–Trinajstić information content (AvgIpc) is 3.33. The monoisotopic (exact) mass is 532 g/mol. The maximum atomic E-state index is 12.6. The van der Waals surface area contributed by atoms with Crippen molar-refractivity contribution in [1.82, 2.24) is 9.36 Å². The first-order valence-corrected chi connectivity index (χ1v) is 12.4. The highest BCUT2D eigenvalue weighted by molar-refractivity contribution is 7.98. The smallest absolute Gasteiger partial charge is 0.268 e. The van der Waals surface area contributed by atoms with E-state index in [0.29, 0.717) is 43.9 Å². The molecule has 1 aromatic heterocycles. The summed E-state index contributed by atoms with van der Waals surface area (Å²) < 4.78 is 26.5. The topological polar surface area (TPSA) is 116 Å². The third-order valence-corrected chi connectivity index (χ3v) is 6.00. The van der Waals surface area contributed by atoms with Gasteiger partial charge in [0.15, 0.2) is 11.5 Å². The lowest BCUT2D eigenvalue weighted by Gasteiger charge is -2.16. The number of amides is 1. The first kappa shape index (κ1) is 26.2. The zero-order chi connectivity index (χ0) is 25.2. The van der Waals surface area contributed by atoms with Crippen LogP contribution in [-0.4, -0.2) is 49.0 Å². The van der Waals surface area contributed by atoms with E-state index in [9.17, 15) is 10.1 Å². The Bertz CT molecular complexity index is 1230. The van der Waals surface area contributed by atoms with E-state index in [4.69, 9.17) is 30.5 Å². The molecule has 0 atom stereocenters. The molecule has 182 valence electrons.